The quantitative estimate of drug-likeness (QED) is 0.534. The Hall–Kier alpha value is -3.48. The lowest BCUT2D eigenvalue weighted by molar-refractivity contribution is -0.155. The number of nitrogen functional groups attached to an aromatic ring is 1. The van der Waals surface area contributed by atoms with Crippen molar-refractivity contribution < 1.29 is 9.53 Å². The summed E-state index contributed by atoms with van der Waals surface area (Å²) in [6.07, 6.45) is 3.18. The number of hydrogen-bond donors (Lipinski definition) is 1. The molecule has 0 atom stereocenters. The van der Waals surface area contributed by atoms with Crippen LogP contribution in [0, 0.1) is 6.92 Å². The third kappa shape index (κ3) is 3.51. The Kier molecular flexibility index (Phi) is 4.45. The molecule has 0 radical (unpaired) electrons. The average Bonchev–Trinajstić information content (AvgIpc) is 2.96. The number of pyridine rings is 1. The number of aryl methyl sites for hydroxylation is 1. The summed E-state index contributed by atoms with van der Waals surface area (Å²) in [6.45, 7) is 7.59. The van der Waals surface area contributed by atoms with Crippen molar-refractivity contribution in [2.24, 2.45) is 0 Å². The molecular formula is C22H23N5O2. The monoisotopic (exact) mass is 389 g/mol. The summed E-state index contributed by atoms with van der Waals surface area (Å²) < 4.78 is 7.38. The molecule has 2 N–H and O–H groups in total. The predicted molar refractivity (Wildman–Crippen MR) is 113 cm³/mol. The van der Waals surface area contributed by atoms with E-state index in [1.807, 2.05) is 56.5 Å². The minimum atomic E-state index is -0.564. The molecule has 7 heteroatoms. The van der Waals surface area contributed by atoms with Crippen LogP contribution in [-0.4, -0.2) is 31.1 Å². The second-order valence-electron chi connectivity index (χ2n) is 8.03. The second-order valence-corrected chi connectivity index (χ2v) is 8.03. The van der Waals surface area contributed by atoms with Crippen LogP contribution in [0.2, 0.25) is 0 Å². The number of rotatable bonds is 3. The van der Waals surface area contributed by atoms with Crippen LogP contribution in [0.1, 0.15) is 26.3 Å². The zero-order valence-electron chi connectivity index (χ0n) is 16.9. The maximum atomic E-state index is 12.6. The smallest absolute Gasteiger partial charge is 0.326 e. The van der Waals surface area contributed by atoms with Gasteiger partial charge in [0.05, 0.1) is 16.6 Å². The van der Waals surface area contributed by atoms with Crippen LogP contribution >= 0.6 is 0 Å². The van der Waals surface area contributed by atoms with Crippen LogP contribution < -0.4 is 5.73 Å². The van der Waals surface area contributed by atoms with Crippen molar-refractivity contribution in [3.8, 4) is 11.3 Å². The first-order chi connectivity index (χ1) is 13.7. The molecule has 7 nitrogen and oxygen atoms in total. The molecule has 0 bridgehead atoms. The van der Waals surface area contributed by atoms with Gasteiger partial charge in [-0.15, -0.1) is 0 Å². The Bertz CT molecular complexity index is 1220. The Labute approximate surface area is 168 Å². The van der Waals surface area contributed by atoms with E-state index in [0.29, 0.717) is 11.5 Å². The number of nitrogens with two attached hydrogens (primary N) is 1. The Morgan fingerprint density at radius 2 is 1.97 bits per heavy atom. The number of esters is 1. The zero-order valence-corrected chi connectivity index (χ0v) is 16.9. The van der Waals surface area contributed by atoms with Crippen molar-refractivity contribution >= 4 is 33.7 Å². The number of ether oxygens (including phenoxy) is 1. The number of benzene rings is 1. The summed E-state index contributed by atoms with van der Waals surface area (Å²) >= 11 is 0. The van der Waals surface area contributed by atoms with E-state index in [9.17, 15) is 4.79 Å². The third-order valence-corrected chi connectivity index (χ3v) is 4.62. The number of nitrogens with zero attached hydrogens (tertiary/aromatic N) is 4. The average molecular weight is 389 g/mol. The topological polar surface area (TPSA) is 95.9 Å². The predicted octanol–water partition coefficient (Wildman–Crippen LogP) is 3.88. The van der Waals surface area contributed by atoms with Gasteiger partial charge >= 0.3 is 5.97 Å². The van der Waals surface area contributed by atoms with Gasteiger partial charge in [0, 0.05) is 17.1 Å². The highest BCUT2D eigenvalue weighted by atomic mass is 16.6. The third-order valence-electron chi connectivity index (χ3n) is 4.62. The van der Waals surface area contributed by atoms with Crippen LogP contribution in [0.4, 0.5) is 5.82 Å². The summed E-state index contributed by atoms with van der Waals surface area (Å²) in [7, 11) is 0. The minimum Gasteiger partial charge on any atom is -0.459 e. The van der Waals surface area contributed by atoms with Crippen molar-refractivity contribution in [1.82, 2.24) is 19.5 Å². The first-order valence-electron chi connectivity index (χ1n) is 9.41. The van der Waals surface area contributed by atoms with E-state index < -0.39 is 5.60 Å². The van der Waals surface area contributed by atoms with Crippen LogP contribution in [0.5, 0.6) is 0 Å². The molecule has 3 aromatic heterocycles. The van der Waals surface area contributed by atoms with Crippen molar-refractivity contribution in [3.05, 3.63) is 48.4 Å². The highest BCUT2D eigenvalue weighted by molar-refractivity contribution is 6.13. The Balaban J connectivity index is 1.96. The van der Waals surface area contributed by atoms with Gasteiger partial charge < -0.3 is 15.0 Å². The first-order valence-corrected chi connectivity index (χ1v) is 9.41. The fraction of sp³-hybridized carbons (Fsp3) is 0.273. The van der Waals surface area contributed by atoms with Gasteiger partial charge in [0.2, 0.25) is 0 Å². The van der Waals surface area contributed by atoms with Gasteiger partial charge in [0.1, 0.15) is 29.9 Å². The molecule has 1 aromatic carbocycles. The molecule has 0 saturated heterocycles. The lowest BCUT2D eigenvalue weighted by Gasteiger charge is -2.20. The van der Waals surface area contributed by atoms with Crippen molar-refractivity contribution in [2.45, 2.75) is 39.8 Å². The molecule has 148 valence electrons. The SMILES string of the molecule is Cc1cc(-c2ccccn2)cc2c3c(N)ncnc3n(CC(=O)OC(C)(C)C)c12. The molecule has 0 spiro atoms. The van der Waals surface area contributed by atoms with E-state index in [1.54, 1.807) is 6.20 Å². The summed E-state index contributed by atoms with van der Waals surface area (Å²) in [5, 5.41) is 1.62. The lowest BCUT2D eigenvalue weighted by atomic mass is 10.0. The van der Waals surface area contributed by atoms with Crippen molar-refractivity contribution in [3.63, 3.8) is 0 Å². The van der Waals surface area contributed by atoms with Gasteiger partial charge in [-0.25, -0.2) is 9.97 Å². The van der Waals surface area contributed by atoms with Gasteiger partial charge in [-0.2, -0.15) is 0 Å². The van der Waals surface area contributed by atoms with Gasteiger partial charge in [-0.3, -0.25) is 9.78 Å². The van der Waals surface area contributed by atoms with Gasteiger partial charge in [-0.1, -0.05) is 6.07 Å². The summed E-state index contributed by atoms with van der Waals surface area (Å²) in [4.78, 5) is 25.6. The highest BCUT2D eigenvalue weighted by Crippen LogP contribution is 2.35. The summed E-state index contributed by atoms with van der Waals surface area (Å²) in [5.41, 5.74) is 9.96. The second kappa shape index (κ2) is 6.84. The van der Waals surface area contributed by atoms with E-state index in [-0.39, 0.29) is 12.5 Å². The minimum absolute atomic E-state index is 0.0392. The summed E-state index contributed by atoms with van der Waals surface area (Å²) in [5.74, 6) is 0.0437. The van der Waals surface area contributed by atoms with Crippen LogP contribution in [0.25, 0.3) is 33.2 Å². The van der Waals surface area contributed by atoms with Gasteiger partial charge in [0.25, 0.3) is 0 Å². The Morgan fingerprint density at radius 3 is 2.66 bits per heavy atom. The number of carbonyl (C=O) groups excluding carboxylic acids is 1. The summed E-state index contributed by atoms with van der Waals surface area (Å²) in [6, 6.07) is 9.87. The molecular weight excluding hydrogens is 366 g/mol. The normalized spacial score (nSPS) is 11.9. The lowest BCUT2D eigenvalue weighted by Crippen LogP contribution is -2.26. The fourth-order valence-electron chi connectivity index (χ4n) is 3.63. The molecule has 0 amide bonds. The maximum Gasteiger partial charge on any atom is 0.326 e. The standard InChI is InChI=1S/C22H23N5O2/c1-13-9-14(16-7-5-6-8-24-16)10-15-18-20(23)25-12-26-21(18)27(19(13)15)11-17(28)29-22(2,3)4/h5-10,12H,11H2,1-4H3,(H2,23,25,26). The van der Waals surface area contributed by atoms with Gasteiger partial charge in [-0.05, 0) is 57.5 Å². The van der Waals surface area contributed by atoms with Crippen LogP contribution in [0.3, 0.4) is 0 Å². The molecule has 0 unspecified atom stereocenters. The van der Waals surface area contributed by atoms with E-state index in [4.69, 9.17) is 10.5 Å². The number of carbonyl (C=O) groups is 1. The molecule has 3 heterocycles. The molecule has 0 aliphatic rings. The van der Waals surface area contributed by atoms with Crippen molar-refractivity contribution in [1.29, 1.82) is 0 Å². The Morgan fingerprint density at radius 1 is 1.17 bits per heavy atom. The molecule has 0 saturated carbocycles. The fourth-order valence-corrected chi connectivity index (χ4v) is 3.63. The number of aromatic nitrogens is 4. The number of hydrogen-bond acceptors (Lipinski definition) is 6. The molecule has 4 aromatic rings. The highest BCUT2D eigenvalue weighted by Gasteiger charge is 2.22. The van der Waals surface area contributed by atoms with E-state index in [2.05, 4.69) is 21.0 Å². The van der Waals surface area contributed by atoms with Gasteiger partial charge in [0.15, 0.2) is 0 Å². The van der Waals surface area contributed by atoms with Crippen molar-refractivity contribution in [2.75, 3.05) is 5.73 Å². The molecule has 0 aliphatic carbocycles. The number of fused-ring (bicyclic) bond motifs is 3. The van der Waals surface area contributed by atoms with Crippen LogP contribution in [0.15, 0.2) is 42.9 Å². The first kappa shape index (κ1) is 18.9. The van der Waals surface area contributed by atoms with E-state index in [0.717, 1.165) is 33.1 Å². The zero-order chi connectivity index (χ0) is 20.8. The van der Waals surface area contributed by atoms with Crippen LogP contribution in [-0.2, 0) is 16.1 Å². The van der Waals surface area contributed by atoms with E-state index >= 15 is 0 Å². The largest absolute Gasteiger partial charge is 0.459 e. The molecule has 29 heavy (non-hydrogen) atoms. The van der Waals surface area contributed by atoms with E-state index in [1.165, 1.54) is 6.33 Å². The molecule has 0 aliphatic heterocycles. The molecule has 0 fully saturated rings. The molecule has 4 rings (SSSR count). The number of anilines is 1. The maximum absolute atomic E-state index is 12.6.